The first-order valence-electron chi connectivity index (χ1n) is 7.55. The SMILES string of the molecule is CN(CC(=O)OCC(=O)NC(=O)Cc1ccccc1)c1ncccn1. The predicted octanol–water partition coefficient (Wildman–Crippen LogP) is 0.341. The molecule has 1 aromatic heterocycles. The molecule has 130 valence electrons. The lowest BCUT2D eigenvalue weighted by Gasteiger charge is -2.15. The van der Waals surface area contributed by atoms with Crippen LogP contribution in [-0.4, -0.2) is 48.0 Å². The number of hydrogen-bond donors (Lipinski definition) is 1. The Balaban J connectivity index is 1.70. The maximum Gasteiger partial charge on any atom is 0.326 e. The summed E-state index contributed by atoms with van der Waals surface area (Å²) >= 11 is 0. The van der Waals surface area contributed by atoms with Gasteiger partial charge in [-0.15, -0.1) is 0 Å². The minimum Gasteiger partial charge on any atom is -0.454 e. The van der Waals surface area contributed by atoms with E-state index < -0.39 is 24.4 Å². The Bertz CT molecular complexity index is 722. The van der Waals surface area contributed by atoms with Gasteiger partial charge in [-0.05, 0) is 11.6 Å². The lowest BCUT2D eigenvalue weighted by atomic mass is 10.1. The highest BCUT2D eigenvalue weighted by atomic mass is 16.5. The van der Waals surface area contributed by atoms with Gasteiger partial charge in [0.25, 0.3) is 5.91 Å². The summed E-state index contributed by atoms with van der Waals surface area (Å²) in [7, 11) is 1.63. The maximum atomic E-state index is 11.7. The number of esters is 1. The standard InChI is InChI=1S/C17H18N4O4/c1-21(17-18-8-5-9-19-17)11-16(24)25-12-15(23)20-14(22)10-13-6-3-2-4-7-13/h2-9H,10-12H2,1H3,(H,20,22,23). The van der Waals surface area contributed by atoms with Crippen LogP contribution in [0.4, 0.5) is 5.95 Å². The summed E-state index contributed by atoms with van der Waals surface area (Å²) < 4.78 is 4.85. The van der Waals surface area contributed by atoms with Gasteiger partial charge in [0.2, 0.25) is 11.9 Å². The molecule has 0 aliphatic heterocycles. The van der Waals surface area contributed by atoms with Crippen molar-refractivity contribution in [2.24, 2.45) is 0 Å². The second-order valence-corrected chi connectivity index (χ2v) is 5.20. The third-order valence-corrected chi connectivity index (χ3v) is 3.11. The summed E-state index contributed by atoms with van der Waals surface area (Å²) in [6.07, 6.45) is 3.18. The summed E-state index contributed by atoms with van der Waals surface area (Å²) in [6.45, 7) is -0.641. The summed E-state index contributed by atoms with van der Waals surface area (Å²) in [5, 5.41) is 2.18. The Labute approximate surface area is 144 Å². The number of ether oxygens (including phenoxy) is 1. The number of benzene rings is 1. The summed E-state index contributed by atoms with van der Waals surface area (Å²) in [5.41, 5.74) is 0.786. The normalized spacial score (nSPS) is 9.96. The summed E-state index contributed by atoms with van der Waals surface area (Å²) in [6, 6.07) is 10.7. The van der Waals surface area contributed by atoms with Gasteiger partial charge in [0.05, 0.1) is 6.42 Å². The van der Waals surface area contributed by atoms with E-state index in [9.17, 15) is 14.4 Å². The number of aromatic nitrogens is 2. The predicted molar refractivity (Wildman–Crippen MR) is 89.6 cm³/mol. The Hall–Kier alpha value is -3.29. The van der Waals surface area contributed by atoms with E-state index in [4.69, 9.17) is 4.74 Å². The summed E-state index contributed by atoms with van der Waals surface area (Å²) in [5.74, 6) is -1.39. The molecule has 2 amide bonds. The van der Waals surface area contributed by atoms with Gasteiger partial charge in [0, 0.05) is 19.4 Å². The van der Waals surface area contributed by atoms with Crippen LogP contribution in [0, 0.1) is 0 Å². The van der Waals surface area contributed by atoms with Gasteiger partial charge in [0.15, 0.2) is 6.61 Å². The van der Waals surface area contributed by atoms with E-state index in [1.807, 2.05) is 6.07 Å². The Kier molecular flexibility index (Phi) is 6.58. The number of amides is 2. The largest absolute Gasteiger partial charge is 0.454 e. The van der Waals surface area contributed by atoms with Crippen LogP contribution >= 0.6 is 0 Å². The van der Waals surface area contributed by atoms with Crippen molar-refractivity contribution in [1.29, 1.82) is 0 Å². The molecule has 0 aliphatic carbocycles. The van der Waals surface area contributed by atoms with Crippen molar-refractivity contribution in [2.75, 3.05) is 25.1 Å². The van der Waals surface area contributed by atoms with Crippen molar-refractivity contribution in [1.82, 2.24) is 15.3 Å². The van der Waals surface area contributed by atoms with Crippen LogP contribution in [0.5, 0.6) is 0 Å². The van der Waals surface area contributed by atoms with Gasteiger partial charge in [-0.25, -0.2) is 9.97 Å². The fourth-order valence-corrected chi connectivity index (χ4v) is 1.96. The van der Waals surface area contributed by atoms with Crippen molar-refractivity contribution in [3.63, 3.8) is 0 Å². The third-order valence-electron chi connectivity index (χ3n) is 3.11. The van der Waals surface area contributed by atoms with Crippen LogP contribution in [0.1, 0.15) is 5.56 Å². The average Bonchev–Trinajstić information content (AvgIpc) is 2.61. The molecule has 0 radical (unpaired) electrons. The molecule has 0 saturated heterocycles. The molecular formula is C17H18N4O4. The Morgan fingerprint density at radius 2 is 1.72 bits per heavy atom. The number of rotatable bonds is 7. The molecule has 8 nitrogen and oxygen atoms in total. The van der Waals surface area contributed by atoms with E-state index in [2.05, 4.69) is 15.3 Å². The highest BCUT2D eigenvalue weighted by Crippen LogP contribution is 2.01. The number of imide groups is 1. The quantitative estimate of drug-likeness (QED) is 0.724. The van der Waals surface area contributed by atoms with Gasteiger partial charge in [0.1, 0.15) is 6.54 Å². The molecule has 0 spiro atoms. The van der Waals surface area contributed by atoms with Crippen molar-refractivity contribution >= 4 is 23.7 Å². The van der Waals surface area contributed by atoms with Crippen LogP contribution < -0.4 is 10.2 Å². The van der Waals surface area contributed by atoms with Gasteiger partial charge >= 0.3 is 5.97 Å². The Morgan fingerprint density at radius 3 is 2.40 bits per heavy atom. The third kappa shape index (κ3) is 6.38. The first-order valence-corrected chi connectivity index (χ1v) is 7.55. The van der Waals surface area contributed by atoms with Crippen LogP contribution in [0.25, 0.3) is 0 Å². The van der Waals surface area contributed by atoms with E-state index in [-0.39, 0.29) is 13.0 Å². The molecule has 0 unspecified atom stereocenters. The zero-order valence-corrected chi connectivity index (χ0v) is 13.7. The highest BCUT2D eigenvalue weighted by molar-refractivity contribution is 5.97. The van der Waals surface area contributed by atoms with Crippen LogP contribution in [0.2, 0.25) is 0 Å². The molecule has 0 saturated carbocycles. The monoisotopic (exact) mass is 342 g/mol. The first kappa shape index (κ1) is 18.1. The second-order valence-electron chi connectivity index (χ2n) is 5.20. The van der Waals surface area contributed by atoms with Gasteiger partial charge in [-0.1, -0.05) is 30.3 Å². The number of carbonyl (C=O) groups is 3. The molecular weight excluding hydrogens is 324 g/mol. The van der Waals surface area contributed by atoms with Gasteiger partial charge < -0.3 is 9.64 Å². The molecule has 1 heterocycles. The number of nitrogens with one attached hydrogen (secondary N) is 1. The highest BCUT2D eigenvalue weighted by Gasteiger charge is 2.14. The smallest absolute Gasteiger partial charge is 0.326 e. The van der Waals surface area contributed by atoms with Gasteiger partial charge in [-0.3, -0.25) is 19.7 Å². The van der Waals surface area contributed by atoms with E-state index >= 15 is 0 Å². The van der Waals surface area contributed by atoms with Crippen molar-refractivity contribution in [2.45, 2.75) is 6.42 Å². The van der Waals surface area contributed by atoms with Gasteiger partial charge in [-0.2, -0.15) is 0 Å². The maximum absolute atomic E-state index is 11.7. The summed E-state index contributed by atoms with van der Waals surface area (Å²) in [4.78, 5) is 44.6. The lowest BCUT2D eigenvalue weighted by Crippen LogP contribution is -2.36. The minimum absolute atomic E-state index is 0.0780. The molecule has 0 fully saturated rings. The van der Waals surface area contributed by atoms with Crippen LogP contribution in [-0.2, 0) is 25.5 Å². The first-order chi connectivity index (χ1) is 12.0. The average molecular weight is 342 g/mol. The minimum atomic E-state index is -0.673. The molecule has 1 N–H and O–H groups in total. The molecule has 0 atom stereocenters. The van der Waals surface area contributed by atoms with E-state index in [1.165, 1.54) is 4.90 Å². The number of carbonyl (C=O) groups excluding carboxylic acids is 3. The molecule has 2 rings (SSSR count). The zero-order chi connectivity index (χ0) is 18.1. The number of nitrogens with zero attached hydrogens (tertiary/aromatic N) is 3. The van der Waals surface area contributed by atoms with E-state index in [0.717, 1.165) is 5.56 Å². The second kappa shape index (κ2) is 9.11. The van der Waals surface area contributed by atoms with Crippen molar-refractivity contribution < 1.29 is 19.1 Å². The number of hydrogen-bond acceptors (Lipinski definition) is 7. The zero-order valence-electron chi connectivity index (χ0n) is 13.7. The van der Waals surface area contributed by atoms with Crippen LogP contribution in [0.3, 0.4) is 0 Å². The van der Waals surface area contributed by atoms with Crippen molar-refractivity contribution in [3.8, 4) is 0 Å². The molecule has 8 heteroatoms. The fourth-order valence-electron chi connectivity index (χ4n) is 1.96. The number of anilines is 1. The lowest BCUT2D eigenvalue weighted by molar-refractivity contribution is -0.148. The molecule has 1 aromatic carbocycles. The van der Waals surface area contributed by atoms with Crippen LogP contribution in [0.15, 0.2) is 48.8 Å². The molecule has 2 aromatic rings. The Morgan fingerprint density at radius 1 is 1.04 bits per heavy atom. The van der Waals surface area contributed by atoms with E-state index in [1.54, 1.807) is 49.8 Å². The van der Waals surface area contributed by atoms with Crippen molar-refractivity contribution in [3.05, 3.63) is 54.4 Å². The molecule has 0 aliphatic rings. The molecule has 0 bridgehead atoms. The topological polar surface area (TPSA) is 101 Å². The number of likely N-dealkylation sites (N-methyl/N-ethyl adjacent to an activating group) is 1. The molecule has 25 heavy (non-hydrogen) atoms. The van der Waals surface area contributed by atoms with E-state index in [0.29, 0.717) is 5.95 Å². The fraction of sp³-hybridized carbons (Fsp3) is 0.235.